The third kappa shape index (κ3) is 1.45. The third-order valence-electron chi connectivity index (χ3n) is 3.38. The molecule has 1 aliphatic heterocycles. The highest BCUT2D eigenvalue weighted by Crippen LogP contribution is 2.54. The Hall–Kier alpha value is -1.27. The first-order chi connectivity index (χ1) is 7.29. The van der Waals surface area contributed by atoms with Crippen LogP contribution in [0.25, 0.3) is 0 Å². The van der Waals surface area contributed by atoms with Crippen molar-refractivity contribution in [2.45, 2.75) is 31.0 Å². The number of aliphatic carboxylic acids is 1. The number of amides is 1. The summed E-state index contributed by atoms with van der Waals surface area (Å²) in [6.07, 6.45) is -4.10. The first-order valence-corrected chi connectivity index (χ1v) is 4.90. The van der Waals surface area contributed by atoms with Crippen LogP contribution >= 0.6 is 0 Å². The van der Waals surface area contributed by atoms with Crippen molar-refractivity contribution >= 4 is 11.9 Å². The summed E-state index contributed by atoms with van der Waals surface area (Å²) in [6, 6.07) is 0. The van der Waals surface area contributed by atoms with Crippen LogP contribution in [0.15, 0.2) is 0 Å². The maximum absolute atomic E-state index is 12.3. The highest BCUT2D eigenvalue weighted by atomic mass is 19.4. The minimum absolute atomic E-state index is 0.108. The number of hydrogen-bond donors (Lipinski definition) is 1. The van der Waals surface area contributed by atoms with Crippen molar-refractivity contribution in [3.63, 3.8) is 0 Å². The molecule has 1 saturated heterocycles. The van der Waals surface area contributed by atoms with E-state index in [1.807, 2.05) is 0 Å². The standard InChI is InChI=1S/C9H10F3NO3/c10-9(11,12)7(16)13-4-1-5(6(14)15)8(13)2-3-8/h5H,1-4H2,(H,14,15). The van der Waals surface area contributed by atoms with Gasteiger partial charge in [0.1, 0.15) is 0 Å². The summed E-state index contributed by atoms with van der Waals surface area (Å²) in [5.74, 6) is -3.87. The Labute approximate surface area is 89.0 Å². The second kappa shape index (κ2) is 3.11. The molecular formula is C9H10F3NO3. The molecule has 1 N–H and O–H groups in total. The molecule has 1 amide bonds. The monoisotopic (exact) mass is 237 g/mol. The molecule has 0 aromatic rings. The Bertz CT molecular complexity index is 348. The Balaban J connectivity index is 2.21. The van der Waals surface area contributed by atoms with Gasteiger partial charge in [0.25, 0.3) is 0 Å². The summed E-state index contributed by atoms with van der Waals surface area (Å²) in [5, 5.41) is 8.87. The normalized spacial score (nSPS) is 27.2. The summed E-state index contributed by atoms with van der Waals surface area (Å²) in [6.45, 7) is -0.116. The number of carboxylic acids is 1. The molecule has 1 atom stereocenters. The molecule has 1 spiro atoms. The van der Waals surface area contributed by atoms with Crippen LogP contribution in [0.4, 0.5) is 13.2 Å². The van der Waals surface area contributed by atoms with Crippen LogP contribution in [-0.2, 0) is 9.59 Å². The smallest absolute Gasteiger partial charge is 0.471 e. The molecule has 1 unspecified atom stereocenters. The fourth-order valence-electron chi connectivity index (χ4n) is 2.49. The Morgan fingerprint density at radius 2 is 1.88 bits per heavy atom. The number of nitrogens with zero attached hydrogens (tertiary/aromatic N) is 1. The minimum Gasteiger partial charge on any atom is -0.481 e. The number of alkyl halides is 3. The quantitative estimate of drug-likeness (QED) is 0.740. The lowest BCUT2D eigenvalue weighted by Crippen LogP contribution is -2.47. The molecule has 0 bridgehead atoms. The van der Waals surface area contributed by atoms with Crippen molar-refractivity contribution in [1.29, 1.82) is 0 Å². The van der Waals surface area contributed by atoms with E-state index in [9.17, 15) is 22.8 Å². The van der Waals surface area contributed by atoms with E-state index >= 15 is 0 Å². The first kappa shape index (κ1) is 11.2. The van der Waals surface area contributed by atoms with Crippen molar-refractivity contribution in [2.75, 3.05) is 6.54 Å². The maximum atomic E-state index is 12.3. The van der Waals surface area contributed by atoms with Crippen LogP contribution in [0.3, 0.4) is 0 Å². The van der Waals surface area contributed by atoms with E-state index in [4.69, 9.17) is 5.11 Å². The second-order valence-electron chi connectivity index (χ2n) is 4.24. The molecule has 2 rings (SSSR count). The molecule has 1 aliphatic carbocycles. The van der Waals surface area contributed by atoms with Gasteiger partial charge in [0.15, 0.2) is 0 Å². The number of carbonyl (C=O) groups is 2. The molecule has 7 heteroatoms. The van der Waals surface area contributed by atoms with Gasteiger partial charge in [-0.2, -0.15) is 13.2 Å². The van der Waals surface area contributed by atoms with Gasteiger partial charge in [-0.1, -0.05) is 0 Å². The Morgan fingerprint density at radius 3 is 2.25 bits per heavy atom. The summed E-state index contributed by atoms with van der Waals surface area (Å²) < 4.78 is 36.8. The summed E-state index contributed by atoms with van der Waals surface area (Å²) in [5.41, 5.74) is -1.06. The van der Waals surface area contributed by atoms with E-state index in [0.29, 0.717) is 17.7 Å². The van der Waals surface area contributed by atoms with E-state index in [1.165, 1.54) is 0 Å². The number of carbonyl (C=O) groups excluding carboxylic acids is 1. The van der Waals surface area contributed by atoms with Crippen LogP contribution < -0.4 is 0 Å². The van der Waals surface area contributed by atoms with Crippen LogP contribution in [0, 0.1) is 5.92 Å². The van der Waals surface area contributed by atoms with E-state index in [-0.39, 0.29) is 13.0 Å². The van der Waals surface area contributed by atoms with Gasteiger partial charge in [0.05, 0.1) is 11.5 Å². The Morgan fingerprint density at radius 1 is 1.31 bits per heavy atom. The topological polar surface area (TPSA) is 57.6 Å². The van der Waals surface area contributed by atoms with Gasteiger partial charge in [0.2, 0.25) is 0 Å². The Kier molecular flexibility index (Phi) is 2.18. The van der Waals surface area contributed by atoms with Gasteiger partial charge in [-0.25, -0.2) is 0 Å². The highest BCUT2D eigenvalue weighted by molar-refractivity contribution is 5.85. The predicted octanol–water partition coefficient (Wildman–Crippen LogP) is 1.01. The molecular weight excluding hydrogens is 227 g/mol. The van der Waals surface area contributed by atoms with Crippen molar-refractivity contribution < 1.29 is 27.9 Å². The maximum Gasteiger partial charge on any atom is 0.471 e. The van der Waals surface area contributed by atoms with Crippen LogP contribution in [0.2, 0.25) is 0 Å². The number of likely N-dealkylation sites (tertiary alicyclic amines) is 1. The molecule has 16 heavy (non-hydrogen) atoms. The van der Waals surface area contributed by atoms with Crippen LogP contribution in [-0.4, -0.2) is 40.1 Å². The van der Waals surface area contributed by atoms with E-state index in [1.54, 1.807) is 0 Å². The van der Waals surface area contributed by atoms with Gasteiger partial charge in [0, 0.05) is 6.54 Å². The van der Waals surface area contributed by atoms with Gasteiger partial charge in [-0.05, 0) is 19.3 Å². The zero-order chi connectivity index (χ0) is 12.1. The second-order valence-corrected chi connectivity index (χ2v) is 4.24. The SMILES string of the molecule is O=C(O)C1CCN(C(=O)C(F)(F)F)C12CC2. The van der Waals surface area contributed by atoms with Crippen LogP contribution in [0.1, 0.15) is 19.3 Å². The average Bonchev–Trinajstić information content (AvgIpc) is 2.78. The molecule has 0 aromatic carbocycles. The molecule has 2 aliphatic rings. The zero-order valence-electron chi connectivity index (χ0n) is 8.25. The van der Waals surface area contributed by atoms with Crippen molar-refractivity contribution in [3.05, 3.63) is 0 Å². The molecule has 0 aromatic heterocycles. The number of carboxylic acid groups (broad SMARTS) is 1. The highest BCUT2D eigenvalue weighted by Gasteiger charge is 2.64. The number of rotatable bonds is 1. The fraction of sp³-hybridized carbons (Fsp3) is 0.778. The molecule has 0 radical (unpaired) electrons. The third-order valence-corrected chi connectivity index (χ3v) is 3.38. The zero-order valence-corrected chi connectivity index (χ0v) is 8.25. The minimum atomic E-state index is -4.91. The lowest BCUT2D eigenvalue weighted by atomic mass is 9.98. The average molecular weight is 237 g/mol. The van der Waals surface area contributed by atoms with Crippen LogP contribution in [0.5, 0.6) is 0 Å². The summed E-state index contributed by atoms with van der Waals surface area (Å²) in [4.78, 5) is 22.7. The summed E-state index contributed by atoms with van der Waals surface area (Å²) >= 11 is 0. The molecule has 1 saturated carbocycles. The van der Waals surface area contributed by atoms with E-state index < -0.39 is 29.5 Å². The van der Waals surface area contributed by atoms with Gasteiger partial charge in [-0.3, -0.25) is 9.59 Å². The van der Waals surface area contributed by atoms with Crippen molar-refractivity contribution in [3.8, 4) is 0 Å². The van der Waals surface area contributed by atoms with Crippen molar-refractivity contribution in [2.24, 2.45) is 5.92 Å². The van der Waals surface area contributed by atoms with Crippen molar-refractivity contribution in [1.82, 2.24) is 4.90 Å². The molecule has 90 valence electrons. The lowest BCUT2D eigenvalue weighted by molar-refractivity contribution is -0.187. The van der Waals surface area contributed by atoms with Gasteiger partial charge in [-0.15, -0.1) is 0 Å². The largest absolute Gasteiger partial charge is 0.481 e. The van der Waals surface area contributed by atoms with Gasteiger partial charge >= 0.3 is 18.1 Å². The molecule has 1 heterocycles. The number of halogens is 3. The van der Waals surface area contributed by atoms with E-state index in [0.717, 1.165) is 0 Å². The van der Waals surface area contributed by atoms with E-state index in [2.05, 4.69) is 0 Å². The predicted molar refractivity (Wildman–Crippen MR) is 45.5 cm³/mol. The number of hydrogen-bond acceptors (Lipinski definition) is 2. The van der Waals surface area contributed by atoms with Gasteiger partial charge < -0.3 is 10.0 Å². The fourth-order valence-corrected chi connectivity index (χ4v) is 2.49. The first-order valence-electron chi connectivity index (χ1n) is 4.90. The summed E-state index contributed by atoms with van der Waals surface area (Å²) in [7, 11) is 0. The lowest BCUT2D eigenvalue weighted by Gasteiger charge is -2.27. The molecule has 2 fully saturated rings. The molecule has 4 nitrogen and oxygen atoms in total.